The summed E-state index contributed by atoms with van der Waals surface area (Å²) in [6.07, 6.45) is 4.79. The largest absolute Gasteiger partial charge is 0.481 e. The summed E-state index contributed by atoms with van der Waals surface area (Å²) in [5, 5.41) is 9.92. The van der Waals surface area contributed by atoms with Crippen LogP contribution in [0.2, 0.25) is 0 Å². The number of furan rings is 2. The summed E-state index contributed by atoms with van der Waals surface area (Å²) in [6.45, 7) is 0.576. The lowest BCUT2D eigenvalue weighted by atomic mass is 9.86. The minimum Gasteiger partial charge on any atom is -0.481 e. The van der Waals surface area contributed by atoms with Gasteiger partial charge in [0, 0.05) is 13.6 Å². The van der Waals surface area contributed by atoms with Crippen LogP contribution in [0.3, 0.4) is 0 Å². The summed E-state index contributed by atoms with van der Waals surface area (Å²) in [6, 6.07) is 5.52. The Bertz CT molecular complexity index is 875. The van der Waals surface area contributed by atoms with E-state index in [4.69, 9.17) is 8.83 Å². The van der Waals surface area contributed by atoms with Crippen LogP contribution < -0.4 is 0 Å². The molecule has 8 heteroatoms. The van der Waals surface area contributed by atoms with E-state index in [1.807, 2.05) is 0 Å². The first-order chi connectivity index (χ1) is 13.5. The molecule has 2 aromatic heterocycles. The minimum absolute atomic E-state index is 0.0450. The van der Waals surface area contributed by atoms with E-state index in [0.717, 1.165) is 12.8 Å². The van der Waals surface area contributed by atoms with Gasteiger partial charge >= 0.3 is 5.97 Å². The molecule has 1 N–H and O–H groups in total. The van der Waals surface area contributed by atoms with E-state index in [0.29, 0.717) is 18.7 Å². The zero-order valence-corrected chi connectivity index (χ0v) is 15.5. The third kappa shape index (κ3) is 2.71. The van der Waals surface area contributed by atoms with Gasteiger partial charge < -0.3 is 23.7 Å². The smallest absolute Gasteiger partial charge is 0.309 e. The van der Waals surface area contributed by atoms with Crippen molar-refractivity contribution in [3.8, 4) is 0 Å². The monoisotopic (exact) mass is 386 g/mol. The molecule has 2 aliphatic heterocycles. The Balaban J connectivity index is 1.90. The molecule has 0 saturated carbocycles. The van der Waals surface area contributed by atoms with Gasteiger partial charge in [0.05, 0.1) is 18.4 Å². The molecule has 0 aromatic carbocycles. The van der Waals surface area contributed by atoms with E-state index in [1.165, 1.54) is 23.5 Å². The van der Waals surface area contributed by atoms with Crippen LogP contribution in [0.25, 0.3) is 0 Å². The number of carbonyl (C=O) groups is 3. The van der Waals surface area contributed by atoms with Crippen LogP contribution in [0.5, 0.6) is 0 Å². The van der Waals surface area contributed by atoms with Crippen molar-refractivity contribution in [2.75, 3.05) is 13.6 Å². The third-order valence-electron chi connectivity index (χ3n) is 5.86. The molecule has 4 heterocycles. The van der Waals surface area contributed by atoms with Crippen LogP contribution in [-0.4, -0.2) is 51.8 Å². The van der Waals surface area contributed by atoms with E-state index < -0.39 is 29.4 Å². The summed E-state index contributed by atoms with van der Waals surface area (Å²) in [5.41, 5.74) is -1.24. The number of aliphatic carboxylic acids is 1. The summed E-state index contributed by atoms with van der Waals surface area (Å²) >= 11 is 0. The molecule has 2 fully saturated rings. The number of hydrogen-bond donors (Lipinski definition) is 1. The first-order valence-electron chi connectivity index (χ1n) is 9.34. The van der Waals surface area contributed by atoms with Gasteiger partial charge in [-0.1, -0.05) is 0 Å². The molecule has 3 atom stereocenters. The maximum Gasteiger partial charge on any atom is 0.309 e. The van der Waals surface area contributed by atoms with Crippen molar-refractivity contribution in [1.82, 2.24) is 9.80 Å². The van der Waals surface area contributed by atoms with E-state index in [9.17, 15) is 19.5 Å². The van der Waals surface area contributed by atoms with E-state index in [-0.39, 0.29) is 18.1 Å². The second-order valence-electron chi connectivity index (χ2n) is 7.48. The van der Waals surface area contributed by atoms with Gasteiger partial charge in [0.25, 0.3) is 5.91 Å². The Morgan fingerprint density at radius 1 is 1.18 bits per heavy atom. The molecule has 2 aliphatic rings. The molecule has 0 radical (unpaired) electrons. The van der Waals surface area contributed by atoms with Crippen molar-refractivity contribution in [3.05, 3.63) is 48.3 Å². The predicted molar refractivity (Wildman–Crippen MR) is 96.3 cm³/mol. The van der Waals surface area contributed by atoms with Crippen molar-refractivity contribution < 1.29 is 28.3 Å². The molecule has 28 heavy (non-hydrogen) atoms. The van der Waals surface area contributed by atoms with Crippen LogP contribution in [-0.2, 0) is 9.59 Å². The summed E-state index contributed by atoms with van der Waals surface area (Å²) in [4.78, 5) is 42.0. The topological polar surface area (TPSA) is 104 Å². The van der Waals surface area contributed by atoms with Crippen molar-refractivity contribution in [3.63, 3.8) is 0 Å². The van der Waals surface area contributed by atoms with Gasteiger partial charge in [-0.25, -0.2) is 0 Å². The maximum absolute atomic E-state index is 13.4. The lowest BCUT2D eigenvalue weighted by Gasteiger charge is -2.39. The molecule has 0 bridgehead atoms. The van der Waals surface area contributed by atoms with Crippen LogP contribution in [0, 0.1) is 5.92 Å². The Morgan fingerprint density at radius 2 is 1.93 bits per heavy atom. The molecular formula is C20H22N2O6. The fourth-order valence-corrected chi connectivity index (χ4v) is 4.61. The van der Waals surface area contributed by atoms with Crippen molar-refractivity contribution in [2.24, 2.45) is 5.92 Å². The van der Waals surface area contributed by atoms with Gasteiger partial charge in [0.1, 0.15) is 17.3 Å². The molecule has 4 rings (SSSR count). The van der Waals surface area contributed by atoms with Crippen LogP contribution in [0.1, 0.15) is 48.0 Å². The van der Waals surface area contributed by atoms with Crippen LogP contribution in [0.15, 0.2) is 45.6 Å². The van der Waals surface area contributed by atoms with Gasteiger partial charge in [-0.05, 0) is 49.9 Å². The zero-order chi connectivity index (χ0) is 19.9. The average Bonchev–Trinajstić information content (AvgIpc) is 3.41. The van der Waals surface area contributed by atoms with Crippen LogP contribution >= 0.6 is 0 Å². The highest BCUT2D eigenvalue weighted by Crippen LogP contribution is 2.51. The number of nitrogens with zero attached hydrogens (tertiary/aromatic N) is 2. The Labute approximate surface area is 161 Å². The first kappa shape index (κ1) is 18.3. The van der Waals surface area contributed by atoms with Gasteiger partial charge in [-0.2, -0.15) is 0 Å². The second-order valence-corrected chi connectivity index (χ2v) is 7.48. The average molecular weight is 386 g/mol. The fourth-order valence-electron chi connectivity index (χ4n) is 4.61. The Morgan fingerprint density at radius 3 is 2.57 bits per heavy atom. The van der Waals surface area contributed by atoms with Gasteiger partial charge in [-0.15, -0.1) is 0 Å². The SMILES string of the molecule is CN1CCCC[C@]2(C[C@H](C(=O)O)[C@H](c3ccco3)N2C(=O)c2ccco2)C1=O. The van der Waals surface area contributed by atoms with E-state index in [2.05, 4.69) is 0 Å². The number of rotatable bonds is 3. The highest BCUT2D eigenvalue weighted by molar-refractivity contribution is 5.99. The highest BCUT2D eigenvalue weighted by Gasteiger charge is 2.62. The van der Waals surface area contributed by atoms with Crippen molar-refractivity contribution in [1.29, 1.82) is 0 Å². The molecule has 148 valence electrons. The fraction of sp³-hybridized carbons (Fsp3) is 0.450. The number of likely N-dealkylation sites (N-methyl/N-ethyl adjacent to an activating group) is 1. The number of hydrogen-bond acceptors (Lipinski definition) is 5. The predicted octanol–water partition coefficient (Wildman–Crippen LogP) is 2.54. The van der Waals surface area contributed by atoms with Gasteiger partial charge in [-0.3, -0.25) is 14.4 Å². The highest BCUT2D eigenvalue weighted by atomic mass is 16.4. The number of carboxylic acids is 1. The molecule has 2 amide bonds. The molecule has 8 nitrogen and oxygen atoms in total. The molecule has 2 saturated heterocycles. The standard InChI is InChI=1S/C20H22N2O6/c1-21-9-3-2-8-20(19(21)26)12-13(18(24)25)16(14-6-4-10-27-14)22(20)17(23)15-7-5-11-28-15/h4-7,10-11,13,16H,2-3,8-9,12H2,1H3,(H,24,25)/t13-,16+,20-/m0/s1. The Hall–Kier alpha value is -3.03. The molecule has 2 aromatic rings. The number of carboxylic acid groups (broad SMARTS) is 1. The van der Waals surface area contributed by atoms with Crippen molar-refractivity contribution >= 4 is 17.8 Å². The van der Waals surface area contributed by atoms with E-state index in [1.54, 1.807) is 30.1 Å². The normalized spacial score (nSPS) is 28.0. The van der Waals surface area contributed by atoms with Crippen molar-refractivity contribution in [2.45, 2.75) is 37.3 Å². The first-order valence-corrected chi connectivity index (χ1v) is 9.34. The van der Waals surface area contributed by atoms with Gasteiger partial charge in [0.2, 0.25) is 5.91 Å². The lowest BCUT2D eigenvalue weighted by Crippen LogP contribution is -2.57. The minimum atomic E-state index is -1.24. The summed E-state index contributed by atoms with van der Waals surface area (Å²) in [7, 11) is 1.70. The maximum atomic E-state index is 13.4. The van der Waals surface area contributed by atoms with E-state index >= 15 is 0 Å². The summed E-state index contributed by atoms with van der Waals surface area (Å²) < 4.78 is 10.8. The zero-order valence-electron chi connectivity index (χ0n) is 15.5. The number of amides is 2. The molecule has 1 spiro atoms. The lowest BCUT2D eigenvalue weighted by molar-refractivity contribution is -0.142. The quantitative estimate of drug-likeness (QED) is 0.869. The Kier molecular flexibility index (Phi) is 4.49. The summed E-state index contributed by atoms with van der Waals surface area (Å²) in [5.74, 6) is -2.33. The number of carbonyl (C=O) groups excluding carboxylic acids is 2. The van der Waals surface area contributed by atoms with Crippen LogP contribution in [0.4, 0.5) is 0 Å². The molecule has 0 aliphatic carbocycles. The molecule has 0 unspecified atom stereocenters. The van der Waals surface area contributed by atoms with Gasteiger partial charge in [0.15, 0.2) is 5.76 Å². The number of likely N-dealkylation sites (tertiary alicyclic amines) is 2. The second kappa shape index (κ2) is 6.85. The molecular weight excluding hydrogens is 364 g/mol. The third-order valence-corrected chi connectivity index (χ3v) is 5.86.